The van der Waals surface area contributed by atoms with E-state index in [1.807, 2.05) is 0 Å². The smallest absolute Gasteiger partial charge is 0.344 e. The molecule has 0 aromatic heterocycles. The Bertz CT molecular complexity index is 670. The maximum Gasteiger partial charge on any atom is 0.344 e. The number of nitrogens with two attached hydrogens (primary N) is 1. The Morgan fingerprint density at radius 1 is 1.32 bits per heavy atom. The van der Waals surface area contributed by atoms with Crippen molar-refractivity contribution in [2.24, 2.45) is 11.7 Å². The van der Waals surface area contributed by atoms with Crippen molar-refractivity contribution in [1.82, 2.24) is 4.90 Å². The van der Waals surface area contributed by atoms with Crippen molar-refractivity contribution in [2.45, 2.75) is 12.8 Å². The second-order valence-electron chi connectivity index (χ2n) is 5.61. The van der Waals surface area contributed by atoms with Gasteiger partial charge in [0, 0.05) is 13.1 Å². The van der Waals surface area contributed by atoms with E-state index in [2.05, 4.69) is 15.9 Å². The van der Waals surface area contributed by atoms with E-state index in [1.54, 1.807) is 0 Å². The molecule has 1 aliphatic heterocycles. The number of hydrogen-bond donors (Lipinski definition) is 1. The number of rotatable bonds is 6. The molecular weight excluding hydrogens is 399 g/mol. The molecule has 1 aromatic rings. The van der Waals surface area contributed by atoms with Crippen LogP contribution in [0, 0.1) is 11.7 Å². The highest BCUT2D eigenvalue weighted by Crippen LogP contribution is 2.25. The van der Waals surface area contributed by atoms with E-state index in [4.69, 9.17) is 15.2 Å². The lowest BCUT2D eigenvalue weighted by Crippen LogP contribution is -2.45. The lowest BCUT2D eigenvalue weighted by Gasteiger charge is -2.31. The summed E-state index contributed by atoms with van der Waals surface area (Å²) in [5.74, 6) is -2.08. The monoisotopic (exact) mass is 416 g/mol. The van der Waals surface area contributed by atoms with Crippen molar-refractivity contribution < 1.29 is 28.2 Å². The summed E-state index contributed by atoms with van der Waals surface area (Å²) in [6, 6.07) is 3.77. The molecule has 2 amide bonds. The molecule has 9 heteroatoms. The van der Waals surface area contributed by atoms with E-state index in [-0.39, 0.29) is 24.1 Å². The number of ether oxygens (including phenoxy) is 2. The summed E-state index contributed by atoms with van der Waals surface area (Å²) in [4.78, 5) is 36.4. The first-order valence-corrected chi connectivity index (χ1v) is 8.46. The molecule has 2 rings (SSSR count). The number of esters is 1. The standard InChI is InChI=1S/C16H18BrFN2O5/c17-12-6-11(18)3-4-13(12)24-9-15(22)25-8-14(21)20-5-1-2-10(7-20)16(19)23/h3-4,6,10H,1-2,5,7-9H2,(H2,19,23)/t10-/m0/s1. The molecule has 0 saturated carbocycles. The van der Waals surface area contributed by atoms with Crippen LogP contribution in [-0.2, 0) is 19.1 Å². The first-order chi connectivity index (χ1) is 11.9. The second kappa shape index (κ2) is 8.80. The van der Waals surface area contributed by atoms with Crippen molar-refractivity contribution in [3.63, 3.8) is 0 Å². The Morgan fingerprint density at radius 3 is 2.76 bits per heavy atom. The number of piperidine rings is 1. The van der Waals surface area contributed by atoms with Gasteiger partial charge >= 0.3 is 5.97 Å². The van der Waals surface area contributed by atoms with Crippen molar-refractivity contribution in [3.05, 3.63) is 28.5 Å². The number of carbonyl (C=O) groups excluding carboxylic acids is 3. The van der Waals surface area contributed by atoms with Crippen LogP contribution < -0.4 is 10.5 Å². The van der Waals surface area contributed by atoms with Crippen LogP contribution in [0.2, 0.25) is 0 Å². The summed E-state index contributed by atoms with van der Waals surface area (Å²) in [5, 5.41) is 0. The fraction of sp³-hybridized carbons (Fsp3) is 0.438. The highest BCUT2D eigenvalue weighted by molar-refractivity contribution is 9.10. The molecule has 1 fully saturated rings. The third-order valence-electron chi connectivity index (χ3n) is 3.77. The molecule has 1 saturated heterocycles. The SMILES string of the molecule is NC(=O)[C@H]1CCCN(C(=O)COC(=O)COc2ccc(F)cc2Br)C1. The van der Waals surface area contributed by atoms with Gasteiger partial charge in [-0.1, -0.05) is 0 Å². The van der Waals surface area contributed by atoms with Gasteiger partial charge in [-0.25, -0.2) is 9.18 Å². The lowest BCUT2D eigenvalue weighted by atomic mass is 9.97. The van der Waals surface area contributed by atoms with Crippen LogP contribution in [0.1, 0.15) is 12.8 Å². The van der Waals surface area contributed by atoms with Gasteiger partial charge in [0.05, 0.1) is 10.4 Å². The third kappa shape index (κ3) is 5.70. The molecule has 0 aliphatic carbocycles. The number of carbonyl (C=O) groups is 3. The van der Waals surface area contributed by atoms with Crippen molar-refractivity contribution in [1.29, 1.82) is 0 Å². The van der Waals surface area contributed by atoms with E-state index >= 15 is 0 Å². The van der Waals surface area contributed by atoms with Crippen LogP contribution in [-0.4, -0.2) is 49.0 Å². The van der Waals surface area contributed by atoms with Crippen molar-refractivity contribution in [3.8, 4) is 5.75 Å². The number of benzene rings is 1. The maximum absolute atomic E-state index is 13.0. The molecule has 136 valence electrons. The molecule has 1 heterocycles. The zero-order chi connectivity index (χ0) is 18.4. The molecular formula is C16H18BrFN2O5. The average molecular weight is 417 g/mol. The van der Waals surface area contributed by atoms with Crippen molar-refractivity contribution in [2.75, 3.05) is 26.3 Å². The molecule has 0 bridgehead atoms. The van der Waals surface area contributed by atoms with Gasteiger partial charge in [0.25, 0.3) is 5.91 Å². The highest BCUT2D eigenvalue weighted by atomic mass is 79.9. The van der Waals surface area contributed by atoms with Crippen LogP contribution in [0.15, 0.2) is 22.7 Å². The normalized spacial score (nSPS) is 17.0. The number of primary amides is 1. The van der Waals surface area contributed by atoms with E-state index in [9.17, 15) is 18.8 Å². The summed E-state index contributed by atoms with van der Waals surface area (Å²) in [6.07, 6.45) is 1.33. The molecule has 1 aliphatic rings. The minimum Gasteiger partial charge on any atom is -0.481 e. The highest BCUT2D eigenvalue weighted by Gasteiger charge is 2.27. The van der Waals surface area contributed by atoms with Crippen LogP contribution in [0.25, 0.3) is 0 Å². The van der Waals surface area contributed by atoms with Gasteiger partial charge in [0.2, 0.25) is 5.91 Å². The minimum atomic E-state index is -0.729. The molecule has 0 spiro atoms. The van der Waals surface area contributed by atoms with Crippen LogP contribution >= 0.6 is 15.9 Å². The van der Waals surface area contributed by atoms with Crippen LogP contribution in [0.4, 0.5) is 4.39 Å². The summed E-state index contributed by atoms with van der Waals surface area (Å²) < 4.78 is 23.4. The Balaban J connectivity index is 1.75. The number of halogens is 2. The Kier molecular flexibility index (Phi) is 6.74. The van der Waals surface area contributed by atoms with Gasteiger partial charge in [-0.3, -0.25) is 9.59 Å². The number of hydrogen-bond acceptors (Lipinski definition) is 5. The van der Waals surface area contributed by atoms with Gasteiger partial charge in [-0.05, 0) is 47.0 Å². The lowest BCUT2D eigenvalue weighted by molar-refractivity contribution is -0.154. The first-order valence-electron chi connectivity index (χ1n) is 7.67. The van der Waals surface area contributed by atoms with Crippen LogP contribution in [0.5, 0.6) is 5.75 Å². The zero-order valence-corrected chi connectivity index (χ0v) is 15.0. The predicted molar refractivity (Wildman–Crippen MR) is 89.1 cm³/mol. The number of amides is 2. The Labute approximate surface area is 152 Å². The molecule has 1 aromatic carbocycles. The summed E-state index contributed by atoms with van der Waals surface area (Å²) in [7, 11) is 0. The average Bonchev–Trinajstić information content (AvgIpc) is 2.59. The van der Waals surface area contributed by atoms with Crippen molar-refractivity contribution >= 4 is 33.7 Å². The van der Waals surface area contributed by atoms with Crippen LogP contribution in [0.3, 0.4) is 0 Å². The Morgan fingerprint density at radius 2 is 2.08 bits per heavy atom. The Hall–Kier alpha value is -2.16. The molecule has 0 radical (unpaired) electrons. The van der Waals surface area contributed by atoms with Gasteiger partial charge in [-0.15, -0.1) is 0 Å². The molecule has 2 N–H and O–H groups in total. The van der Waals surface area contributed by atoms with E-state index in [0.29, 0.717) is 23.9 Å². The molecule has 1 atom stereocenters. The topological polar surface area (TPSA) is 98.9 Å². The van der Waals surface area contributed by atoms with E-state index < -0.39 is 30.9 Å². The van der Waals surface area contributed by atoms with Gasteiger partial charge in [0.15, 0.2) is 13.2 Å². The van der Waals surface area contributed by atoms with Gasteiger partial charge in [-0.2, -0.15) is 0 Å². The summed E-state index contributed by atoms with van der Waals surface area (Å²) in [5.41, 5.74) is 5.26. The third-order valence-corrected chi connectivity index (χ3v) is 4.39. The molecule has 0 unspecified atom stereocenters. The first kappa shape index (κ1) is 19.2. The number of likely N-dealkylation sites (tertiary alicyclic amines) is 1. The quantitative estimate of drug-likeness (QED) is 0.703. The largest absolute Gasteiger partial charge is 0.481 e. The van der Waals surface area contributed by atoms with Gasteiger partial charge < -0.3 is 20.1 Å². The number of nitrogens with zero attached hydrogens (tertiary/aromatic N) is 1. The predicted octanol–water partition coefficient (Wildman–Crippen LogP) is 1.23. The fourth-order valence-electron chi connectivity index (χ4n) is 2.44. The fourth-order valence-corrected chi connectivity index (χ4v) is 2.91. The van der Waals surface area contributed by atoms with Gasteiger partial charge in [0.1, 0.15) is 11.6 Å². The zero-order valence-electron chi connectivity index (χ0n) is 13.4. The maximum atomic E-state index is 13.0. The van der Waals surface area contributed by atoms with E-state index in [1.165, 1.54) is 23.1 Å². The molecule has 25 heavy (non-hydrogen) atoms. The summed E-state index contributed by atoms with van der Waals surface area (Å²) in [6.45, 7) is -0.108. The second-order valence-corrected chi connectivity index (χ2v) is 6.46. The van der Waals surface area contributed by atoms with E-state index in [0.717, 1.165) is 0 Å². The molecule has 7 nitrogen and oxygen atoms in total. The summed E-state index contributed by atoms with van der Waals surface area (Å²) >= 11 is 3.11. The minimum absolute atomic E-state index is 0.241.